The summed E-state index contributed by atoms with van der Waals surface area (Å²) in [7, 11) is 6.47. The van der Waals surface area contributed by atoms with Gasteiger partial charge in [0.15, 0.2) is 5.78 Å². The average molecular weight is 339 g/mol. The number of allylic oxidation sites excluding steroid dienone is 1. The van der Waals surface area contributed by atoms with Crippen LogP contribution in [0.15, 0.2) is 48.5 Å². The Balaban J connectivity index is 2.19. The van der Waals surface area contributed by atoms with Crippen LogP contribution in [0.5, 0.6) is 11.5 Å². The molecule has 1 amide bonds. The zero-order chi connectivity index (χ0) is 18.4. The summed E-state index contributed by atoms with van der Waals surface area (Å²) < 4.78 is 10.4. The molecule has 0 aromatic heterocycles. The van der Waals surface area contributed by atoms with Crippen molar-refractivity contribution < 1.29 is 19.1 Å². The Labute approximate surface area is 147 Å². The van der Waals surface area contributed by atoms with Gasteiger partial charge in [0.05, 0.1) is 19.8 Å². The van der Waals surface area contributed by atoms with Gasteiger partial charge in [-0.05, 0) is 42.0 Å². The third-order valence-corrected chi connectivity index (χ3v) is 3.66. The number of methoxy groups -OCH3 is 2. The number of carbonyl (C=O) groups is 2. The SMILES string of the molecule is COc1ccc(OC)c(C(=O)/C=C/c2ccc(C(=O)N(C)C)cc2)c1. The molecule has 0 saturated heterocycles. The lowest BCUT2D eigenvalue weighted by atomic mass is 10.1. The molecule has 130 valence electrons. The van der Waals surface area contributed by atoms with E-state index in [9.17, 15) is 9.59 Å². The van der Waals surface area contributed by atoms with Gasteiger partial charge in [0.2, 0.25) is 0 Å². The molecule has 2 rings (SSSR count). The summed E-state index contributed by atoms with van der Waals surface area (Å²) in [4.78, 5) is 25.8. The van der Waals surface area contributed by atoms with Crippen LogP contribution in [0.3, 0.4) is 0 Å². The van der Waals surface area contributed by atoms with Gasteiger partial charge in [-0.25, -0.2) is 0 Å². The van der Waals surface area contributed by atoms with E-state index in [1.54, 1.807) is 69.7 Å². The number of benzene rings is 2. The fraction of sp³-hybridized carbons (Fsp3) is 0.200. The van der Waals surface area contributed by atoms with Crippen molar-refractivity contribution in [2.24, 2.45) is 0 Å². The summed E-state index contributed by atoms with van der Waals surface area (Å²) in [5, 5.41) is 0. The molecule has 0 aliphatic rings. The second-order valence-electron chi connectivity index (χ2n) is 5.59. The maximum Gasteiger partial charge on any atom is 0.253 e. The predicted molar refractivity (Wildman–Crippen MR) is 97.4 cm³/mol. The van der Waals surface area contributed by atoms with Crippen LogP contribution in [0.25, 0.3) is 6.08 Å². The van der Waals surface area contributed by atoms with Crippen LogP contribution in [-0.2, 0) is 0 Å². The summed E-state index contributed by atoms with van der Waals surface area (Å²) in [6.07, 6.45) is 3.17. The quantitative estimate of drug-likeness (QED) is 0.598. The topological polar surface area (TPSA) is 55.8 Å². The molecule has 5 heteroatoms. The standard InChI is InChI=1S/C20H21NO4/c1-21(2)20(23)15-8-5-14(6-9-15)7-11-18(22)17-13-16(24-3)10-12-19(17)25-4/h5-13H,1-4H3/b11-7+. The number of ketones is 1. The van der Waals surface area contributed by atoms with Crippen molar-refractivity contribution >= 4 is 17.8 Å². The fourth-order valence-electron chi connectivity index (χ4n) is 2.26. The van der Waals surface area contributed by atoms with Crippen molar-refractivity contribution in [3.05, 3.63) is 65.2 Å². The van der Waals surface area contributed by atoms with Gasteiger partial charge in [0.25, 0.3) is 5.91 Å². The molecule has 2 aromatic carbocycles. The van der Waals surface area contributed by atoms with Gasteiger partial charge in [-0.3, -0.25) is 9.59 Å². The first kappa shape index (κ1) is 18.3. The highest BCUT2D eigenvalue weighted by atomic mass is 16.5. The molecule has 0 aliphatic carbocycles. The Bertz CT molecular complexity index is 792. The summed E-state index contributed by atoms with van der Waals surface area (Å²) >= 11 is 0. The first-order valence-electron chi connectivity index (χ1n) is 7.72. The average Bonchev–Trinajstić information content (AvgIpc) is 2.65. The van der Waals surface area contributed by atoms with Crippen LogP contribution in [0, 0.1) is 0 Å². The van der Waals surface area contributed by atoms with Crippen LogP contribution in [-0.4, -0.2) is 44.9 Å². The lowest BCUT2D eigenvalue weighted by Gasteiger charge is -2.10. The highest BCUT2D eigenvalue weighted by Crippen LogP contribution is 2.25. The van der Waals surface area contributed by atoms with Crippen molar-refractivity contribution in [1.82, 2.24) is 4.90 Å². The molecule has 0 heterocycles. The third kappa shape index (κ3) is 4.47. The van der Waals surface area contributed by atoms with Crippen LogP contribution >= 0.6 is 0 Å². The maximum absolute atomic E-state index is 12.4. The first-order valence-corrected chi connectivity index (χ1v) is 7.72. The number of carbonyl (C=O) groups excluding carboxylic acids is 2. The van der Waals surface area contributed by atoms with E-state index in [-0.39, 0.29) is 11.7 Å². The molecule has 0 spiro atoms. The van der Waals surface area contributed by atoms with Crippen LogP contribution in [0.1, 0.15) is 26.3 Å². The molecule has 0 N–H and O–H groups in total. The number of amides is 1. The van der Waals surface area contributed by atoms with Crippen LogP contribution in [0.2, 0.25) is 0 Å². The van der Waals surface area contributed by atoms with E-state index in [0.717, 1.165) is 5.56 Å². The smallest absolute Gasteiger partial charge is 0.253 e. The lowest BCUT2D eigenvalue weighted by Crippen LogP contribution is -2.21. The lowest BCUT2D eigenvalue weighted by molar-refractivity contribution is 0.0827. The molecular formula is C20H21NO4. The minimum Gasteiger partial charge on any atom is -0.497 e. The van der Waals surface area contributed by atoms with Gasteiger partial charge in [-0.1, -0.05) is 18.2 Å². The molecule has 5 nitrogen and oxygen atoms in total. The minimum absolute atomic E-state index is 0.0623. The molecule has 0 radical (unpaired) electrons. The van der Waals surface area contributed by atoms with E-state index in [1.807, 2.05) is 0 Å². The fourth-order valence-corrected chi connectivity index (χ4v) is 2.26. The summed E-state index contributed by atoms with van der Waals surface area (Å²) in [5.74, 6) is 0.823. The van der Waals surface area contributed by atoms with E-state index < -0.39 is 0 Å². The summed E-state index contributed by atoms with van der Waals surface area (Å²) in [6, 6.07) is 12.1. The molecule has 0 bridgehead atoms. The molecule has 25 heavy (non-hydrogen) atoms. The summed E-state index contributed by atoms with van der Waals surface area (Å²) in [6.45, 7) is 0. The highest BCUT2D eigenvalue weighted by Gasteiger charge is 2.11. The Hall–Kier alpha value is -3.08. The molecule has 0 unspecified atom stereocenters. The van der Waals surface area contributed by atoms with Gasteiger partial charge < -0.3 is 14.4 Å². The largest absolute Gasteiger partial charge is 0.497 e. The molecule has 0 atom stereocenters. The Morgan fingerprint density at radius 1 is 0.960 bits per heavy atom. The van der Waals surface area contributed by atoms with Gasteiger partial charge in [0.1, 0.15) is 11.5 Å². The summed E-state index contributed by atoms with van der Waals surface area (Å²) in [5.41, 5.74) is 1.85. The van der Waals surface area contributed by atoms with Crippen molar-refractivity contribution in [2.45, 2.75) is 0 Å². The van der Waals surface area contributed by atoms with Gasteiger partial charge in [-0.2, -0.15) is 0 Å². The maximum atomic E-state index is 12.4. The van der Waals surface area contributed by atoms with E-state index >= 15 is 0 Å². The monoisotopic (exact) mass is 339 g/mol. The second kappa shape index (κ2) is 8.15. The van der Waals surface area contributed by atoms with Gasteiger partial charge >= 0.3 is 0 Å². The number of ether oxygens (including phenoxy) is 2. The Morgan fingerprint density at radius 2 is 1.64 bits per heavy atom. The molecule has 0 fully saturated rings. The predicted octanol–water partition coefficient (Wildman–Crippen LogP) is 3.30. The third-order valence-electron chi connectivity index (χ3n) is 3.66. The van der Waals surface area contributed by atoms with E-state index in [2.05, 4.69) is 0 Å². The number of hydrogen-bond acceptors (Lipinski definition) is 4. The Morgan fingerprint density at radius 3 is 2.20 bits per heavy atom. The molecule has 0 aliphatic heterocycles. The number of rotatable bonds is 6. The van der Waals surface area contributed by atoms with Gasteiger partial charge in [0, 0.05) is 19.7 Å². The number of nitrogens with zero attached hydrogens (tertiary/aromatic N) is 1. The van der Waals surface area contributed by atoms with E-state index in [0.29, 0.717) is 22.6 Å². The first-order chi connectivity index (χ1) is 12.0. The van der Waals surface area contributed by atoms with Crippen LogP contribution < -0.4 is 9.47 Å². The van der Waals surface area contributed by atoms with Crippen molar-refractivity contribution in [3.8, 4) is 11.5 Å². The van der Waals surface area contributed by atoms with Crippen molar-refractivity contribution in [2.75, 3.05) is 28.3 Å². The highest BCUT2D eigenvalue weighted by molar-refractivity contribution is 6.09. The normalized spacial score (nSPS) is 10.6. The molecular weight excluding hydrogens is 318 g/mol. The van der Waals surface area contributed by atoms with Crippen molar-refractivity contribution in [1.29, 1.82) is 0 Å². The van der Waals surface area contributed by atoms with E-state index in [1.165, 1.54) is 18.1 Å². The van der Waals surface area contributed by atoms with Gasteiger partial charge in [-0.15, -0.1) is 0 Å². The Kier molecular flexibility index (Phi) is 5.95. The zero-order valence-corrected chi connectivity index (χ0v) is 14.8. The minimum atomic E-state index is -0.191. The molecule has 2 aromatic rings. The van der Waals surface area contributed by atoms with E-state index in [4.69, 9.17) is 9.47 Å². The second-order valence-corrected chi connectivity index (χ2v) is 5.59. The van der Waals surface area contributed by atoms with Crippen molar-refractivity contribution in [3.63, 3.8) is 0 Å². The van der Waals surface area contributed by atoms with Crippen LogP contribution in [0.4, 0.5) is 0 Å². The zero-order valence-electron chi connectivity index (χ0n) is 14.8. The number of hydrogen-bond donors (Lipinski definition) is 0. The molecule has 0 saturated carbocycles.